The van der Waals surface area contributed by atoms with Gasteiger partial charge in [0, 0.05) is 16.6 Å². The Morgan fingerprint density at radius 1 is 1.15 bits per heavy atom. The number of carbonyl (C=O) groups is 1. The van der Waals surface area contributed by atoms with Crippen molar-refractivity contribution in [2.45, 2.75) is 6.42 Å². The van der Waals surface area contributed by atoms with E-state index in [9.17, 15) is 4.79 Å². The molecule has 20 heavy (non-hydrogen) atoms. The molecule has 3 N–H and O–H groups in total. The van der Waals surface area contributed by atoms with Crippen molar-refractivity contribution in [3.05, 3.63) is 64.1 Å². The quantitative estimate of drug-likeness (QED) is 0.831. The molecule has 0 fully saturated rings. The van der Waals surface area contributed by atoms with Crippen LogP contribution in [-0.4, -0.2) is 10.9 Å². The summed E-state index contributed by atoms with van der Waals surface area (Å²) in [6.45, 7) is 0. The lowest BCUT2D eigenvalue weighted by Crippen LogP contribution is -2.13. The predicted molar refractivity (Wildman–Crippen MR) is 89.0 cm³/mol. The molecule has 0 saturated carbocycles. The summed E-state index contributed by atoms with van der Waals surface area (Å²) in [6.07, 6.45) is 0.563. The van der Waals surface area contributed by atoms with Crippen LogP contribution < -0.4 is 11.1 Å². The highest BCUT2D eigenvalue weighted by atomic mass is 79.9. The molecule has 0 heterocycles. The van der Waals surface area contributed by atoms with Crippen LogP contribution in [0.1, 0.15) is 15.9 Å². The summed E-state index contributed by atoms with van der Waals surface area (Å²) in [5, 5.41) is 2.85. The van der Waals surface area contributed by atoms with Crippen molar-refractivity contribution in [2.24, 2.45) is 5.73 Å². The SMILES string of the molecule is NC(=S)Cc1ccc(NC(=O)c2ccccc2Br)cc1. The molecule has 3 nitrogen and oxygen atoms in total. The van der Waals surface area contributed by atoms with Gasteiger partial charge < -0.3 is 11.1 Å². The summed E-state index contributed by atoms with van der Waals surface area (Å²) in [5.41, 5.74) is 7.85. The van der Waals surface area contributed by atoms with Crippen LogP contribution in [0, 0.1) is 0 Å². The number of benzene rings is 2. The summed E-state index contributed by atoms with van der Waals surface area (Å²) < 4.78 is 0.766. The number of carbonyl (C=O) groups excluding carboxylic acids is 1. The van der Waals surface area contributed by atoms with Crippen molar-refractivity contribution in [2.75, 3.05) is 5.32 Å². The number of rotatable bonds is 4. The van der Waals surface area contributed by atoms with Gasteiger partial charge in [0.05, 0.1) is 10.6 Å². The molecule has 0 spiro atoms. The summed E-state index contributed by atoms with van der Waals surface area (Å²) in [4.78, 5) is 12.6. The third kappa shape index (κ3) is 3.88. The summed E-state index contributed by atoms with van der Waals surface area (Å²) in [6, 6.07) is 14.8. The Hall–Kier alpha value is -1.72. The molecule has 0 aliphatic rings. The average molecular weight is 349 g/mol. The Labute approximate surface area is 131 Å². The van der Waals surface area contributed by atoms with Gasteiger partial charge in [0.1, 0.15) is 0 Å². The predicted octanol–water partition coefficient (Wildman–Crippen LogP) is 3.53. The topological polar surface area (TPSA) is 55.1 Å². The molecule has 2 aromatic carbocycles. The Morgan fingerprint density at radius 2 is 1.80 bits per heavy atom. The lowest BCUT2D eigenvalue weighted by molar-refractivity contribution is 0.102. The van der Waals surface area contributed by atoms with Gasteiger partial charge in [-0.25, -0.2) is 0 Å². The molecule has 5 heteroatoms. The van der Waals surface area contributed by atoms with E-state index >= 15 is 0 Å². The number of nitrogens with two attached hydrogens (primary N) is 1. The van der Waals surface area contributed by atoms with Crippen molar-refractivity contribution in [1.29, 1.82) is 0 Å². The third-order valence-electron chi connectivity index (χ3n) is 2.71. The van der Waals surface area contributed by atoms with Gasteiger partial charge in [0.15, 0.2) is 0 Å². The lowest BCUT2D eigenvalue weighted by Gasteiger charge is -2.07. The molecule has 0 atom stereocenters. The van der Waals surface area contributed by atoms with E-state index in [4.69, 9.17) is 18.0 Å². The first kappa shape index (κ1) is 14.7. The van der Waals surface area contributed by atoms with Crippen molar-refractivity contribution >= 4 is 44.7 Å². The maximum atomic E-state index is 12.1. The standard InChI is InChI=1S/C15H13BrN2OS/c16-13-4-2-1-3-12(13)15(19)18-11-7-5-10(6-8-11)9-14(17)20/h1-8H,9H2,(H2,17,20)(H,18,19). The molecule has 102 valence electrons. The fourth-order valence-corrected chi connectivity index (χ4v) is 2.38. The highest BCUT2D eigenvalue weighted by Gasteiger charge is 2.09. The van der Waals surface area contributed by atoms with E-state index in [2.05, 4.69) is 21.2 Å². The minimum absolute atomic E-state index is 0.153. The van der Waals surface area contributed by atoms with Gasteiger partial charge in [0.2, 0.25) is 0 Å². The van der Waals surface area contributed by atoms with Crippen LogP contribution in [0.4, 0.5) is 5.69 Å². The Bertz CT molecular complexity index is 641. The van der Waals surface area contributed by atoms with Gasteiger partial charge in [-0.05, 0) is 45.8 Å². The summed E-state index contributed by atoms with van der Waals surface area (Å²) in [7, 11) is 0. The van der Waals surface area contributed by atoms with Crippen LogP contribution in [0.15, 0.2) is 53.0 Å². The van der Waals surface area contributed by atoms with Gasteiger partial charge in [-0.1, -0.05) is 36.5 Å². The van der Waals surface area contributed by atoms with E-state index in [-0.39, 0.29) is 5.91 Å². The number of hydrogen-bond donors (Lipinski definition) is 2. The number of halogens is 1. The maximum absolute atomic E-state index is 12.1. The van der Waals surface area contributed by atoms with Gasteiger partial charge >= 0.3 is 0 Å². The molecule has 0 unspecified atom stereocenters. The monoisotopic (exact) mass is 348 g/mol. The largest absolute Gasteiger partial charge is 0.393 e. The van der Waals surface area contributed by atoms with E-state index in [1.807, 2.05) is 42.5 Å². The zero-order chi connectivity index (χ0) is 14.5. The summed E-state index contributed by atoms with van der Waals surface area (Å²) >= 11 is 8.22. The Morgan fingerprint density at radius 3 is 2.40 bits per heavy atom. The molecule has 2 aromatic rings. The second-order valence-corrected chi connectivity index (χ2v) is 5.65. The van der Waals surface area contributed by atoms with Crippen LogP contribution in [0.2, 0.25) is 0 Å². The van der Waals surface area contributed by atoms with Crippen molar-refractivity contribution in [1.82, 2.24) is 0 Å². The van der Waals surface area contributed by atoms with E-state index in [1.54, 1.807) is 6.07 Å². The van der Waals surface area contributed by atoms with Crippen LogP contribution in [0.3, 0.4) is 0 Å². The third-order valence-corrected chi connectivity index (χ3v) is 3.54. The average Bonchev–Trinajstić information content (AvgIpc) is 2.41. The fourth-order valence-electron chi connectivity index (χ4n) is 1.75. The van der Waals surface area contributed by atoms with Gasteiger partial charge in [-0.3, -0.25) is 4.79 Å². The molecular formula is C15H13BrN2OS. The second-order valence-electron chi connectivity index (χ2n) is 4.27. The number of amides is 1. The van der Waals surface area contributed by atoms with Crippen molar-refractivity contribution in [3.63, 3.8) is 0 Å². The number of hydrogen-bond acceptors (Lipinski definition) is 2. The molecule has 0 radical (unpaired) electrons. The first-order valence-electron chi connectivity index (χ1n) is 5.99. The van der Waals surface area contributed by atoms with Crippen LogP contribution in [0.5, 0.6) is 0 Å². The number of anilines is 1. The van der Waals surface area contributed by atoms with E-state index in [0.717, 1.165) is 15.7 Å². The molecule has 0 saturated heterocycles. The van der Waals surface area contributed by atoms with Crippen LogP contribution >= 0.6 is 28.1 Å². The smallest absolute Gasteiger partial charge is 0.256 e. The molecule has 0 aromatic heterocycles. The zero-order valence-corrected chi connectivity index (χ0v) is 13.0. The number of thiocarbonyl (C=S) groups is 1. The minimum Gasteiger partial charge on any atom is -0.393 e. The molecule has 0 bridgehead atoms. The Kier molecular flexibility index (Phi) is 4.87. The van der Waals surface area contributed by atoms with Crippen LogP contribution in [0.25, 0.3) is 0 Å². The lowest BCUT2D eigenvalue weighted by atomic mass is 10.1. The molecule has 1 amide bonds. The fraction of sp³-hybridized carbons (Fsp3) is 0.0667. The van der Waals surface area contributed by atoms with E-state index < -0.39 is 0 Å². The Balaban J connectivity index is 2.09. The minimum atomic E-state index is -0.153. The van der Waals surface area contributed by atoms with Gasteiger partial charge in [-0.15, -0.1) is 0 Å². The highest BCUT2D eigenvalue weighted by molar-refractivity contribution is 9.10. The first-order chi connectivity index (χ1) is 9.56. The normalized spacial score (nSPS) is 10.1. The molecular weight excluding hydrogens is 336 g/mol. The highest BCUT2D eigenvalue weighted by Crippen LogP contribution is 2.18. The molecule has 2 rings (SSSR count). The van der Waals surface area contributed by atoms with E-state index in [0.29, 0.717) is 17.0 Å². The number of nitrogens with one attached hydrogen (secondary N) is 1. The van der Waals surface area contributed by atoms with Gasteiger partial charge in [0.25, 0.3) is 5.91 Å². The van der Waals surface area contributed by atoms with Gasteiger partial charge in [-0.2, -0.15) is 0 Å². The van der Waals surface area contributed by atoms with Crippen molar-refractivity contribution < 1.29 is 4.79 Å². The zero-order valence-electron chi connectivity index (χ0n) is 10.6. The second kappa shape index (κ2) is 6.63. The molecule has 0 aliphatic carbocycles. The van der Waals surface area contributed by atoms with E-state index in [1.165, 1.54) is 0 Å². The maximum Gasteiger partial charge on any atom is 0.256 e. The van der Waals surface area contributed by atoms with Crippen molar-refractivity contribution in [3.8, 4) is 0 Å². The van der Waals surface area contributed by atoms with Crippen LogP contribution in [-0.2, 0) is 6.42 Å². The molecule has 0 aliphatic heterocycles. The first-order valence-corrected chi connectivity index (χ1v) is 7.19. The summed E-state index contributed by atoms with van der Waals surface area (Å²) in [5.74, 6) is -0.153.